The second-order valence-corrected chi connectivity index (χ2v) is 4.77. The van der Waals surface area contributed by atoms with Crippen molar-refractivity contribution >= 4 is 23.7 Å². The van der Waals surface area contributed by atoms with Gasteiger partial charge >= 0.3 is 11.8 Å². The minimum absolute atomic E-state index is 0.297. The van der Waals surface area contributed by atoms with Crippen LogP contribution in [0.4, 0.5) is 10.1 Å². The Kier molecular flexibility index (Phi) is 6.05. The molecule has 0 unspecified atom stereocenters. The first kappa shape index (κ1) is 17.9. The molecule has 2 amide bonds. The highest BCUT2D eigenvalue weighted by molar-refractivity contribution is 6.39. The van der Waals surface area contributed by atoms with Crippen LogP contribution in [0.25, 0.3) is 0 Å². The molecule has 0 aromatic heterocycles. The van der Waals surface area contributed by atoms with Gasteiger partial charge in [0.1, 0.15) is 5.82 Å². The summed E-state index contributed by atoms with van der Waals surface area (Å²) in [6, 6.07) is 10.1. The molecule has 0 atom stereocenters. The molecule has 0 aliphatic rings. The van der Waals surface area contributed by atoms with Crippen molar-refractivity contribution in [1.29, 1.82) is 0 Å². The number of benzene rings is 2. The number of amides is 2. The molecule has 0 saturated heterocycles. The molecule has 0 radical (unpaired) electrons. The highest BCUT2D eigenvalue weighted by Crippen LogP contribution is 2.26. The van der Waals surface area contributed by atoms with Crippen molar-refractivity contribution in [2.24, 2.45) is 5.10 Å². The van der Waals surface area contributed by atoms with E-state index in [4.69, 9.17) is 9.47 Å². The molecule has 0 heterocycles. The maximum absolute atomic E-state index is 12.8. The fourth-order valence-corrected chi connectivity index (χ4v) is 1.87. The van der Waals surface area contributed by atoms with Crippen LogP contribution in [0.15, 0.2) is 47.6 Å². The van der Waals surface area contributed by atoms with E-state index in [0.717, 1.165) is 0 Å². The van der Waals surface area contributed by atoms with Gasteiger partial charge in [0, 0.05) is 5.69 Å². The first-order chi connectivity index (χ1) is 12.0. The van der Waals surface area contributed by atoms with Crippen molar-refractivity contribution < 1.29 is 23.5 Å². The topological polar surface area (TPSA) is 89.0 Å². The third-order valence-electron chi connectivity index (χ3n) is 3.10. The zero-order valence-electron chi connectivity index (χ0n) is 13.6. The zero-order chi connectivity index (χ0) is 18.2. The number of carbonyl (C=O) groups excluding carboxylic acids is 2. The molecule has 0 aliphatic heterocycles. The van der Waals surface area contributed by atoms with Gasteiger partial charge in [0.2, 0.25) is 0 Å². The van der Waals surface area contributed by atoms with Crippen LogP contribution in [0.5, 0.6) is 11.5 Å². The van der Waals surface area contributed by atoms with Crippen molar-refractivity contribution in [3.63, 3.8) is 0 Å². The molecule has 2 aromatic rings. The first-order valence-corrected chi connectivity index (χ1v) is 7.15. The summed E-state index contributed by atoms with van der Waals surface area (Å²) < 4.78 is 23.1. The Morgan fingerprint density at radius 2 is 1.68 bits per heavy atom. The lowest BCUT2D eigenvalue weighted by Crippen LogP contribution is -2.32. The van der Waals surface area contributed by atoms with Crippen LogP contribution >= 0.6 is 0 Å². The number of hydrogen-bond donors (Lipinski definition) is 2. The van der Waals surface area contributed by atoms with E-state index in [1.54, 1.807) is 18.2 Å². The molecule has 2 rings (SSSR count). The third-order valence-corrected chi connectivity index (χ3v) is 3.10. The van der Waals surface area contributed by atoms with Gasteiger partial charge in [0.25, 0.3) is 0 Å². The van der Waals surface area contributed by atoms with Gasteiger partial charge in [0.05, 0.1) is 20.4 Å². The molecule has 2 N–H and O–H groups in total. The number of hydrazone groups is 1. The number of carbonyl (C=O) groups is 2. The van der Waals surface area contributed by atoms with Gasteiger partial charge < -0.3 is 14.8 Å². The van der Waals surface area contributed by atoms with E-state index in [1.807, 2.05) is 0 Å². The van der Waals surface area contributed by atoms with Crippen molar-refractivity contribution in [1.82, 2.24) is 5.43 Å². The lowest BCUT2D eigenvalue weighted by atomic mass is 10.2. The van der Waals surface area contributed by atoms with Crippen LogP contribution < -0.4 is 20.2 Å². The molecule has 130 valence electrons. The summed E-state index contributed by atoms with van der Waals surface area (Å²) >= 11 is 0. The highest BCUT2D eigenvalue weighted by atomic mass is 19.1. The van der Waals surface area contributed by atoms with Gasteiger partial charge in [-0.15, -0.1) is 0 Å². The molecule has 0 bridgehead atoms. The number of ether oxygens (including phenoxy) is 2. The van der Waals surface area contributed by atoms with E-state index >= 15 is 0 Å². The van der Waals surface area contributed by atoms with Gasteiger partial charge in [-0.1, -0.05) is 0 Å². The van der Waals surface area contributed by atoms with Crippen molar-refractivity contribution in [2.45, 2.75) is 0 Å². The summed E-state index contributed by atoms with van der Waals surface area (Å²) in [5, 5.41) is 6.03. The monoisotopic (exact) mass is 345 g/mol. The van der Waals surface area contributed by atoms with Gasteiger partial charge in [-0.3, -0.25) is 9.59 Å². The number of nitrogens with zero attached hydrogens (tertiary/aromatic N) is 1. The van der Waals surface area contributed by atoms with Crippen LogP contribution in [-0.4, -0.2) is 32.2 Å². The van der Waals surface area contributed by atoms with Crippen molar-refractivity contribution in [2.75, 3.05) is 19.5 Å². The molecule has 0 spiro atoms. The number of nitrogens with one attached hydrogen (secondary N) is 2. The summed E-state index contributed by atoms with van der Waals surface area (Å²) in [5.41, 5.74) is 3.03. The highest BCUT2D eigenvalue weighted by Gasteiger charge is 2.12. The Balaban J connectivity index is 1.93. The molecule has 0 aliphatic carbocycles. The summed E-state index contributed by atoms with van der Waals surface area (Å²) in [6.07, 6.45) is 1.35. The fraction of sp³-hybridized carbons (Fsp3) is 0.118. The van der Waals surface area contributed by atoms with E-state index < -0.39 is 17.6 Å². The van der Waals surface area contributed by atoms with Crippen LogP contribution in [0.3, 0.4) is 0 Å². The molecule has 0 saturated carbocycles. The largest absolute Gasteiger partial charge is 0.493 e. The van der Waals surface area contributed by atoms with Crippen molar-refractivity contribution in [3.8, 4) is 11.5 Å². The van der Waals surface area contributed by atoms with E-state index in [1.165, 1.54) is 44.7 Å². The maximum Gasteiger partial charge on any atom is 0.329 e. The number of methoxy groups -OCH3 is 2. The summed E-state index contributed by atoms with van der Waals surface area (Å²) in [4.78, 5) is 23.4. The van der Waals surface area contributed by atoms with E-state index in [9.17, 15) is 14.0 Å². The average Bonchev–Trinajstić information content (AvgIpc) is 2.63. The van der Waals surface area contributed by atoms with Gasteiger partial charge in [0.15, 0.2) is 11.5 Å². The Morgan fingerprint density at radius 1 is 1.00 bits per heavy atom. The molecule has 2 aromatic carbocycles. The standard InChI is InChI=1S/C17H16FN3O4/c1-24-14-8-3-11(9-15(14)25-2)10-19-21-17(23)16(22)20-13-6-4-12(18)5-7-13/h3-10H,1-2H3,(H,20,22)(H,21,23)/b19-10+. The second-order valence-electron chi connectivity index (χ2n) is 4.77. The summed E-state index contributed by atoms with van der Waals surface area (Å²) in [6.45, 7) is 0. The average molecular weight is 345 g/mol. The van der Waals surface area contributed by atoms with Gasteiger partial charge in [-0.2, -0.15) is 5.10 Å². The minimum atomic E-state index is -0.957. The van der Waals surface area contributed by atoms with Crippen LogP contribution in [0.2, 0.25) is 0 Å². The first-order valence-electron chi connectivity index (χ1n) is 7.15. The molecular formula is C17H16FN3O4. The smallest absolute Gasteiger partial charge is 0.329 e. The fourth-order valence-electron chi connectivity index (χ4n) is 1.87. The Bertz CT molecular complexity index is 791. The third kappa shape index (κ3) is 5.03. The van der Waals surface area contributed by atoms with Crippen LogP contribution in [0.1, 0.15) is 5.56 Å². The summed E-state index contributed by atoms with van der Waals surface area (Å²) in [5.74, 6) is -1.26. The Labute approximate surface area is 143 Å². The van der Waals surface area contributed by atoms with Crippen LogP contribution in [-0.2, 0) is 9.59 Å². The molecule has 0 fully saturated rings. The minimum Gasteiger partial charge on any atom is -0.493 e. The lowest BCUT2D eigenvalue weighted by molar-refractivity contribution is -0.136. The number of halogens is 1. The van der Waals surface area contributed by atoms with Crippen LogP contribution in [0, 0.1) is 5.82 Å². The number of anilines is 1. The van der Waals surface area contributed by atoms with E-state index in [0.29, 0.717) is 22.7 Å². The second kappa shape index (κ2) is 8.44. The quantitative estimate of drug-likeness (QED) is 0.492. The zero-order valence-corrected chi connectivity index (χ0v) is 13.6. The normalized spacial score (nSPS) is 10.4. The summed E-state index contributed by atoms with van der Waals surface area (Å²) in [7, 11) is 3.02. The SMILES string of the molecule is COc1ccc(/C=N/NC(=O)C(=O)Nc2ccc(F)cc2)cc1OC. The molecule has 7 nitrogen and oxygen atoms in total. The molecule has 8 heteroatoms. The van der Waals surface area contributed by atoms with Crippen molar-refractivity contribution in [3.05, 3.63) is 53.8 Å². The van der Waals surface area contributed by atoms with Gasteiger partial charge in [-0.05, 0) is 48.0 Å². The number of rotatable bonds is 5. The predicted molar refractivity (Wildman–Crippen MR) is 90.3 cm³/mol. The van der Waals surface area contributed by atoms with E-state index in [-0.39, 0.29) is 0 Å². The Morgan fingerprint density at radius 3 is 2.32 bits per heavy atom. The molecular weight excluding hydrogens is 329 g/mol. The maximum atomic E-state index is 12.8. The number of hydrogen-bond acceptors (Lipinski definition) is 5. The lowest BCUT2D eigenvalue weighted by Gasteiger charge is -2.07. The molecule has 25 heavy (non-hydrogen) atoms. The van der Waals surface area contributed by atoms with E-state index in [2.05, 4.69) is 15.8 Å². The van der Waals surface area contributed by atoms with Gasteiger partial charge in [-0.25, -0.2) is 9.82 Å². The predicted octanol–water partition coefficient (Wildman–Crippen LogP) is 1.93. The Hall–Kier alpha value is -3.42.